The average molecular weight is 261 g/mol. The number of nitrogens with zero attached hydrogens (tertiary/aromatic N) is 2. The Morgan fingerprint density at radius 2 is 2.00 bits per heavy atom. The minimum Gasteiger partial charge on any atom is -0.474 e. The predicted octanol–water partition coefficient (Wildman–Crippen LogP) is 3.42. The highest BCUT2D eigenvalue weighted by molar-refractivity contribution is 5.49. The molecule has 0 aromatic carbocycles. The van der Waals surface area contributed by atoms with Gasteiger partial charge in [0, 0.05) is 12.5 Å². The number of anilines is 1. The normalized spacial score (nSPS) is 19.1. The van der Waals surface area contributed by atoms with E-state index in [9.17, 15) is 0 Å². The van der Waals surface area contributed by atoms with Gasteiger partial charge in [-0.3, -0.25) is 0 Å². The number of rotatable bonds is 6. The third-order valence-electron chi connectivity index (χ3n) is 3.93. The monoisotopic (exact) mass is 261 g/mol. The van der Waals surface area contributed by atoms with Gasteiger partial charge < -0.3 is 10.1 Å². The van der Waals surface area contributed by atoms with Gasteiger partial charge >= 0.3 is 0 Å². The molecule has 3 rings (SSSR count). The summed E-state index contributed by atoms with van der Waals surface area (Å²) in [5, 5.41) is 3.40. The summed E-state index contributed by atoms with van der Waals surface area (Å²) in [6.07, 6.45) is 7.53. The van der Waals surface area contributed by atoms with E-state index in [1.54, 1.807) is 0 Å². The number of ether oxygens (including phenoxy) is 1. The molecule has 0 unspecified atom stereocenters. The van der Waals surface area contributed by atoms with E-state index < -0.39 is 0 Å². The van der Waals surface area contributed by atoms with Crippen LogP contribution in [0.25, 0.3) is 0 Å². The van der Waals surface area contributed by atoms with Crippen LogP contribution in [0.5, 0.6) is 5.88 Å². The van der Waals surface area contributed by atoms with Gasteiger partial charge in [0.2, 0.25) is 5.88 Å². The number of hydrogen-bond donors (Lipinski definition) is 1. The van der Waals surface area contributed by atoms with E-state index in [1.165, 1.54) is 32.1 Å². The summed E-state index contributed by atoms with van der Waals surface area (Å²) in [6, 6.07) is 0. The van der Waals surface area contributed by atoms with Crippen LogP contribution in [0.4, 0.5) is 5.82 Å². The first-order valence-electron chi connectivity index (χ1n) is 7.57. The molecule has 2 aliphatic carbocycles. The molecule has 1 aromatic rings. The Morgan fingerprint density at radius 1 is 1.21 bits per heavy atom. The largest absolute Gasteiger partial charge is 0.474 e. The zero-order valence-electron chi connectivity index (χ0n) is 11.9. The molecule has 0 amide bonds. The Labute approximate surface area is 115 Å². The van der Waals surface area contributed by atoms with Crippen LogP contribution in [0.2, 0.25) is 0 Å². The lowest BCUT2D eigenvalue weighted by Gasteiger charge is -2.27. The molecule has 0 atom stereocenters. The molecule has 4 nitrogen and oxygen atoms in total. The maximum Gasteiger partial charge on any atom is 0.222 e. The molecule has 0 saturated heterocycles. The third kappa shape index (κ3) is 2.82. The van der Waals surface area contributed by atoms with Crippen LogP contribution in [0.3, 0.4) is 0 Å². The van der Waals surface area contributed by atoms with Gasteiger partial charge in [0.25, 0.3) is 0 Å². The summed E-state index contributed by atoms with van der Waals surface area (Å²) in [4.78, 5) is 9.33. The van der Waals surface area contributed by atoms with Gasteiger partial charge in [-0.2, -0.15) is 4.98 Å². The van der Waals surface area contributed by atoms with E-state index in [4.69, 9.17) is 4.74 Å². The van der Waals surface area contributed by atoms with Crippen LogP contribution in [0.1, 0.15) is 62.8 Å². The van der Waals surface area contributed by atoms with E-state index in [2.05, 4.69) is 29.1 Å². The van der Waals surface area contributed by atoms with Crippen molar-refractivity contribution in [2.24, 2.45) is 0 Å². The minimum absolute atomic E-state index is 0.375. The second-order valence-electron chi connectivity index (χ2n) is 5.73. The lowest BCUT2D eigenvalue weighted by atomic mass is 9.96. The smallest absolute Gasteiger partial charge is 0.222 e. The molecule has 1 aromatic heterocycles. The molecule has 0 bridgehead atoms. The van der Waals surface area contributed by atoms with Gasteiger partial charge in [-0.25, -0.2) is 4.98 Å². The molecule has 1 heterocycles. The highest BCUT2D eigenvalue weighted by atomic mass is 16.5. The summed E-state index contributed by atoms with van der Waals surface area (Å²) >= 11 is 0. The molecule has 0 radical (unpaired) electrons. The Balaban J connectivity index is 1.84. The van der Waals surface area contributed by atoms with Gasteiger partial charge in [0.1, 0.15) is 17.7 Å². The fourth-order valence-corrected chi connectivity index (χ4v) is 2.21. The maximum atomic E-state index is 6.03. The van der Waals surface area contributed by atoms with E-state index >= 15 is 0 Å². The molecule has 104 valence electrons. The van der Waals surface area contributed by atoms with Crippen molar-refractivity contribution in [3.63, 3.8) is 0 Å². The van der Waals surface area contributed by atoms with E-state index in [0.29, 0.717) is 12.0 Å². The lowest BCUT2D eigenvalue weighted by Crippen LogP contribution is -2.26. The molecule has 1 N–H and O–H groups in total. The van der Waals surface area contributed by atoms with Gasteiger partial charge in [0.15, 0.2) is 0 Å². The Morgan fingerprint density at radius 3 is 2.58 bits per heavy atom. The Bertz CT molecular complexity index is 453. The maximum absolute atomic E-state index is 6.03. The van der Waals surface area contributed by atoms with Crippen molar-refractivity contribution >= 4 is 5.82 Å². The summed E-state index contributed by atoms with van der Waals surface area (Å²) in [5.74, 6) is 3.30. The van der Waals surface area contributed by atoms with E-state index in [-0.39, 0.29) is 0 Å². The third-order valence-corrected chi connectivity index (χ3v) is 3.93. The zero-order chi connectivity index (χ0) is 13.2. The van der Waals surface area contributed by atoms with E-state index in [1.807, 2.05) is 0 Å². The van der Waals surface area contributed by atoms with Crippen molar-refractivity contribution in [2.45, 2.75) is 64.4 Å². The average Bonchev–Trinajstić information content (AvgIpc) is 3.18. The number of aromatic nitrogens is 2. The fourth-order valence-electron chi connectivity index (χ4n) is 2.21. The van der Waals surface area contributed by atoms with Crippen molar-refractivity contribution in [3.8, 4) is 5.88 Å². The van der Waals surface area contributed by atoms with Crippen LogP contribution in [-0.4, -0.2) is 22.6 Å². The zero-order valence-corrected chi connectivity index (χ0v) is 11.9. The molecule has 0 aliphatic heterocycles. The minimum atomic E-state index is 0.375. The second-order valence-corrected chi connectivity index (χ2v) is 5.73. The highest BCUT2D eigenvalue weighted by Gasteiger charge is 2.29. The molecule has 0 spiro atoms. The Hall–Kier alpha value is -1.32. The molecule has 19 heavy (non-hydrogen) atoms. The van der Waals surface area contributed by atoms with Crippen LogP contribution in [0, 0.1) is 6.92 Å². The van der Waals surface area contributed by atoms with Crippen LogP contribution in [0.15, 0.2) is 0 Å². The Kier molecular flexibility index (Phi) is 3.58. The highest BCUT2D eigenvalue weighted by Crippen LogP contribution is 2.40. The van der Waals surface area contributed by atoms with Gasteiger partial charge in [-0.1, -0.05) is 6.92 Å². The van der Waals surface area contributed by atoms with Crippen molar-refractivity contribution in [2.75, 3.05) is 11.9 Å². The van der Waals surface area contributed by atoms with Crippen molar-refractivity contribution in [3.05, 3.63) is 11.4 Å². The topological polar surface area (TPSA) is 47.0 Å². The van der Waals surface area contributed by atoms with Gasteiger partial charge in [-0.05, 0) is 45.4 Å². The molecule has 2 fully saturated rings. The molecule has 4 heteroatoms. The standard InChI is InChI=1S/C15H23N3O/c1-3-9-16-13-10(2)15(19-12-5-4-6-12)18-14(17-13)11-7-8-11/h11-12H,3-9H2,1-2H3,(H,16,17,18). The first kappa shape index (κ1) is 12.7. The lowest BCUT2D eigenvalue weighted by molar-refractivity contribution is 0.113. The summed E-state index contributed by atoms with van der Waals surface area (Å²) in [7, 11) is 0. The second kappa shape index (κ2) is 5.35. The van der Waals surface area contributed by atoms with Crippen LogP contribution in [-0.2, 0) is 0 Å². The first-order chi connectivity index (χ1) is 9.28. The summed E-state index contributed by atoms with van der Waals surface area (Å²) in [6.45, 7) is 5.17. The van der Waals surface area contributed by atoms with Crippen molar-refractivity contribution in [1.82, 2.24) is 9.97 Å². The van der Waals surface area contributed by atoms with Crippen LogP contribution >= 0.6 is 0 Å². The molecular formula is C15H23N3O. The first-order valence-corrected chi connectivity index (χ1v) is 7.57. The van der Waals surface area contributed by atoms with Crippen molar-refractivity contribution in [1.29, 1.82) is 0 Å². The molecule has 2 aliphatic rings. The molecular weight excluding hydrogens is 238 g/mol. The number of nitrogens with one attached hydrogen (secondary N) is 1. The molecule has 2 saturated carbocycles. The van der Waals surface area contributed by atoms with Crippen molar-refractivity contribution < 1.29 is 4.74 Å². The van der Waals surface area contributed by atoms with Gasteiger partial charge in [0.05, 0.1) is 5.56 Å². The van der Waals surface area contributed by atoms with E-state index in [0.717, 1.165) is 36.1 Å². The van der Waals surface area contributed by atoms with Crippen LogP contribution < -0.4 is 10.1 Å². The van der Waals surface area contributed by atoms with Gasteiger partial charge in [-0.15, -0.1) is 0 Å². The number of hydrogen-bond acceptors (Lipinski definition) is 4. The quantitative estimate of drug-likeness (QED) is 0.852. The predicted molar refractivity (Wildman–Crippen MR) is 75.8 cm³/mol. The summed E-state index contributed by atoms with van der Waals surface area (Å²) in [5.41, 5.74) is 1.06. The SMILES string of the molecule is CCCNc1nc(C2CC2)nc(OC2CCC2)c1C. The fraction of sp³-hybridized carbons (Fsp3) is 0.733. The summed E-state index contributed by atoms with van der Waals surface area (Å²) < 4.78 is 6.03.